The van der Waals surface area contributed by atoms with Crippen LogP contribution in [0.15, 0.2) is 48.7 Å². The van der Waals surface area contributed by atoms with Gasteiger partial charge in [0.25, 0.3) is 5.91 Å². The fraction of sp³-hybridized carbons (Fsp3) is 0.414. The third kappa shape index (κ3) is 7.51. The van der Waals surface area contributed by atoms with Crippen LogP contribution in [-0.2, 0) is 18.9 Å². The zero-order valence-corrected chi connectivity index (χ0v) is 24.0. The number of imidazole rings is 1. The number of amides is 3. The normalized spacial score (nSPS) is 12.3. The van der Waals surface area contributed by atoms with Crippen LogP contribution in [0.2, 0.25) is 5.02 Å². The second-order valence-corrected chi connectivity index (χ2v) is 11.3. The van der Waals surface area contributed by atoms with E-state index in [2.05, 4.69) is 30.7 Å². The first kappa shape index (κ1) is 29.0. The Kier molecular flexibility index (Phi) is 9.09. The van der Waals surface area contributed by atoms with Crippen LogP contribution in [-0.4, -0.2) is 52.1 Å². The SMILES string of the molecule is CC(C)Oc1ccc(C(=O)N[C@@H](Cc2ccc(-c3cn(C)c(C(C)(C)C)n3)cc2)CN(C)C(N)=O)cc1Cl. The lowest BCUT2D eigenvalue weighted by atomic mass is 9.96. The number of carbonyl (C=O) groups excluding carboxylic acids is 2. The van der Waals surface area contributed by atoms with E-state index in [0.717, 1.165) is 22.6 Å². The molecular weight excluding hydrogens is 502 g/mol. The summed E-state index contributed by atoms with van der Waals surface area (Å²) in [6.07, 6.45) is 2.50. The van der Waals surface area contributed by atoms with Crippen LogP contribution in [0, 0.1) is 0 Å². The van der Waals surface area contributed by atoms with Crippen LogP contribution >= 0.6 is 11.6 Å². The number of hydrogen-bond acceptors (Lipinski definition) is 4. The van der Waals surface area contributed by atoms with E-state index in [9.17, 15) is 9.59 Å². The zero-order valence-electron chi connectivity index (χ0n) is 23.2. The standard InChI is InChI=1S/C29H38ClN5O3/c1-18(2)38-25-13-12-21(15-23(25)30)26(36)32-22(16-35(7)28(31)37)14-19-8-10-20(11-9-19)24-17-34(6)27(33-24)29(3,4)5/h8-13,15,17-18,22H,14,16H2,1-7H3,(H2,31,37)(H,32,36)/t22-/m0/s1. The van der Waals surface area contributed by atoms with Crippen molar-refractivity contribution in [3.05, 3.63) is 70.6 Å². The van der Waals surface area contributed by atoms with Crippen molar-refractivity contribution in [2.75, 3.05) is 13.6 Å². The van der Waals surface area contributed by atoms with Crippen molar-refractivity contribution in [1.29, 1.82) is 0 Å². The van der Waals surface area contributed by atoms with Crippen molar-refractivity contribution in [2.45, 2.75) is 58.6 Å². The average Bonchev–Trinajstić information content (AvgIpc) is 3.22. The second-order valence-electron chi connectivity index (χ2n) is 10.9. The Bertz CT molecular complexity index is 1280. The minimum atomic E-state index is -0.567. The number of nitrogens with zero attached hydrogens (tertiary/aromatic N) is 3. The summed E-state index contributed by atoms with van der Waals surface area (Å²) < 4.78 is 7.71. The molecule has 8 nitrogen and oxygen atoms in total. The number of rotatable bonds is 9. The van der Waals surface area contributed by atoms with Crippen LogP contribution < -0.4 is 15.8 Å². The molecule has 0 bridgehead atoms. The predicted octanol–water partition coefficient (Wildman–Crippen LogP) is 5.18. The zero-order chi connectivity index (χ0) is 28.2. The Labute approximate surface area is 230 Å². The third-order valence-corrected chi connectivity index (χ3v) is 6.34. The molecule has 1 atom stereocenters. The molecule has 3 N–H and O–H groups in total. The Morgan fingerprint density at radius 2 is 1.82 bits per heavy atom. The number of carbonyl (C=O) groups is 2. The third-order valence-electron chi connectivity index (χ3n) is 6.04. The van der Waals surface area contributed by atoms with Gasteiger partial charge in [0.05, 0.1) is 22.9 Å². The molecule has 1 aromatic heterocycles. The van der Waals surface area contributed by atoms with Crippen molar-refractivity contribution in [2.24, 2.45) is 12.8 Å². The molecule has 38 heavy (non-hydrogen) atoms. The van der Waals surface area contributed by atoms with E-state index < -0.39 is 6.03 Å². The van der Waals surface area contributed by atoms with Gasteiger partial charge < -0.3 is 25.3 Å². The summed E-state index contributed by atoms with van der Waals surface area (Å²) in [4.78, 5) is 31.0. The highest BCUT2D eigenvalue weighted by Crippen LogP contribution is 2.27. The maximum Gasteiger partial charge on any atom is 0.314 e. The van der Waals surface area contributed by atoms with Crippen molar-refractivity contribution < 1.29 is 14.3 Å². The van der Waals surface area contributed by atoms with Gasteiger partial charge in [-0.05, 0) is 44.0 Å². The summed E-state index contributed by atoms with van der Waals surface area (Å²) in [5, 5.41) is 3.38. The molecule has 204 valence electrons. The highest BCUT2D eigenvalue weighted by Gasteiger charge is 2.22. The van der Waals surface area contributed by atoms with Gasteiger partial charge in [-0.3, -0.25) is 4.79 Å². The number of likely N-dealkylation sites (N-methyl/N-ethyl adjacent to an activating group) is 1. The number of nitrogens with two attached hydrogens (primary N) is 1. The maximum absolute atomic E-state index is 13.1. The molecule has 2 aromatic carbocycles. The smallest absolute Gasteiger partial charge is 0.314 e. The van der Waals surface area contributed by atoms with Gasteiger partial charge in [-0.25, -0.2) is 9.78 Å². The summed E-state index contributed by atoms with van der Waals surface area (Å²) in [6.45, 7) is 10.5. The van der Waals surface area contributed by atoms with Crippen molar-refractivity contribution >= 4 is 23.5 Å². The molecule has 0 aliphatic heterocycles. The summed E-state index contributed by atoms with van der Waals surface area (Å²) in [5.41, 5.74) is 8.72. The monoisotopic (exact) mass is 539 g/mol. The van der Waals surface area contributed by atoms with E-state index in [1.807, 2.05) is 51.4 Å². The number of aromatic nitrogens is 2. The number of nitrogens with one attached hydrogen (secondary N) is 1. The molecule has 0 saturated carbocycles. The van der Waals surface area contributed by atoms with Crippen LogP contribution in [0.25, 0.3) is 11.3 Å². The molecule has 0 aliphatic rings. The van der Waals surface area contributed by atoms with E-state index in [0.29, 0.717) is 22.8 Å². The fourth-order valence-corrected chi connectivity index (χ4v) is 4.47. The van der Waals surface area contributed by atoms with Crippen molar-refractivity contribution in [3.63, 3.8) is 0 Å². The van der Waals surface area contributed by atoms with Crippen LogP contribution in [0.1, 0.15) is 56.4 Å². The Hall–Kier alpha value is -3.52. The minimum Gasteiger partial charge on any atom is -0.489 e. The van der Waals surface area contributed by atoms with Gasteiger partial charge in [0.1, 0.15) is 11.6 Å². The fourth-order valence-electron chi connectivity index (χ4n) is 4.24. The number of urea groups is 1. The van der Waals surface area contributed by atoms with E-state index in [1.54, 1.807) is 25.2 Å². The van der Waals surface area contributed by atoms with E-state index in [1.165, 1.54) is 4.90 Å². The van der Waals surface area contributed by atoms with E-state index >= 15 is 0 Å². The summed E-state index contributed by atoms with van der Waals surface area (Å²) in [6, 6.07) is 12.1. The maximum atomic E-state index is 13.1. The lowest BCUT2D eigenvalue weighted by Gasteiger charge is -2.24. The molecule has 3 aromatic rings. The molecule has 0 fully saturated rings. The first-order valence-corrected chi connectivity index (χ1v) is 13.0. The number of primary amides is 1. The van der Waals surface area contributed by atoms with Crippen LogP contribution in [0.5, 0.6) is 5.75 Å². The van der Waals surface area contributed by atoms with Gasteiger partial charge in [-0.1, -0.05) is 56.6 Å². The quantitative estimate of drug-likeness (QED) is 0.391. The van der Waals surface area contributed by atoms with Crippen LogP contribution in [0.4, 0.5) is 4.79 Å². The van der Waals surface area contributed by atoms with Gasteiger partial charge >= 0.3 is 6.03 Å². The molecule has 3 amide bonds. The van der Waals surface area contributed by atoms with Gasteiger partial charge in [0.15, 0.2) is 0 Å². The first-order valence-electron chi connectivity index (χ1n) is 12.7. The van der Waals surface area contributed by atoms with E-state index in [4.69, 9.17) is 27.1 Å². The second kappa shape index (κ2) is 11.9. The molecule has 9 heteroatoms. The molecule has 0 aliphatic carbocycles. The predicted molar refractivity (Wildman–Crippen MR) is 152 cm³/mol. The van der Waals surface area contributed by atoms with Gasteiger partial charge in [-0.2, -0.15) is 0 Å². The molecular formula is C29H38ClN5O3. The number of halogens is 1. The Balaban J connectivity index is 1.77. The molecule has 1 heterocycles. The molecule has 0 spiro atoms. The lowest BCUT2D eigenvalue weighted by Crippen LogP contribution is -2.47. The number of ether oxygens (including phenoxy) is 1. The first-order chi connectivity index (χ1) is 17.7. The number of hydrogen-bond donors (Lipinski definition) is 2. The molecule has 0 unspecified atom stereocenters. The minimum absolute atomic E-state index is 0.0366. The highest BCUT2D eigenvalue weighted by molar-refractivity contribution is 6.32. The molecule has 0 radical (unpaired) electrons. The van der Waals surface area contributed by atoms with E-state index in [-0.39, 0.29) is 30.0 Å². The Morgan fingerprint density at radius 1 is 1.16 bits per heavy atom. The van der Waals surface area contributed by atoms with Gasteiger partial charge in [0, 0.05) is 43.4 Å². The Morgan fingerprint density at radius 3 is 2.34 bits per heavy atom. The largest absolute Gasteiger partial charge is 0.489 e. The summed E-state index contributed by atoms with van der Waals surface area (Å²) >= 11 is 6.33. The average molecular weight is 540 g/mol. The van der Waals surface area contributed by atoms with Crippen molar-refractivity contribution in [1.82, 2.24) is 19.8 Å². The topological polar surface area (TPSA) is 102 Å². The van der Waals surface area contributed by atoms with Gasteiger partial charge in [0.2, 0.25) is 0 Å². The number of benzene rings is 2. The van der Waals surface area contributed by atoms with Crippen LogP contribution in [0.3, 0.4) is 0 Å². The summed E-state index contributed by atoms with van der Waals surface area (Å²) in [5.74, 6) is 1.23. The molecule has 0 saturated heterocycles. The van der Waals surface area contributed by atoms with Crippen molar-refractivity contribution in [3.8, 4) is 17.0 Å². The number of aryl methyl sites for hydroxylation is 1. The molecule has 3 rings (SSSR count). The van der Waals surface area contributed by atoms with Gasteiger partial charge in [-0.15, -0.1) is 0 Å². The lowest BCUT2D eigenvalue weighted by molar-refractivity contribution is 0.0929. The summed E-state index contributed by atoms with van der Waals surface area (Å²) in [7, 11) is 3.61. The highest BCUT2D eigenvalue weighted by atomic mass is 35.5.